The monoisotopic (exact) mass is 436 g/mol. The van der Waals surface area contributed by atoms with Crippen LogP contribution in [0.4, 0.5) is 19.0 Å². The molecule has 0 aliphatic rings. The lowest BCUT2D eigenvalue weighted by Crippen LogP contribution is -2.21. The summed E-state index contributed by atoms with van der Waals surface area (Å²) < 4.78 is 42.0. The summed E-state index contributed by atoms with van der Waals surface area (Å²) in [4.78, 5) is 20.7. The largest absolute Gasteiger partial charge is 0.483 e. The molecule has 0 unspecified atom stereocenters. The second kappa shape index (κ2) is 10.1. The number of carboxylic acid groups (broad SMARTS) is 1. The highest BCUT2D eigenvalue weighted by atomic mass is 19.3. The van der Waals surface area contributed by atoms with Gasteiger partial charge in [-0.15, -0.1) is 5.10 Å². The van der Waals surface area contributed by atoms with Crippen LogP contribution in [0.1, 0.15) is 56.1 Å². The highest BCUT2D eigenvalue weighted by molar-refractivity contribution is 5.92. The van der Waals surface area contributed by atoms with Gasteiger partial charge in [0.1, 0.15) is 5.82 Å². The van der Waals surface area contributed by atoms with E-state index in [9.17, 15) is 18.0 Å². The van der Waals surface area contributed by atoms with Crippen molar-refractivity contribution in [3.8, 4) is 0 Å². The number of nitrogens with zero attached hydrogens (tertiary/aromatic N) is 3. The maximum absolute atomic E-state index is 14.5. The Labute approximate surface area is 176 Å². The Morgan fingerprint density at radius 1 is 1.13 bits per heavy atom. The molecular formula is C21H23F3N4O3. The molecule has 2 aromatic heterocycles. The maximum Gasteiger partial charge on any atom is 0.290 e. The third kappa shape index (κ3) is 5.19. The molecule has 7 nitrogen and oxygen atoms in total. The van der Waals surface area contributed by atoms with Crippen LogP contribution in [-0.4, -0.2) is 26.3 Å². The van der Waals surface area contributed by atoms with Gasteiger partial charge in [-0.2, -0.15) is 5.10 Å². The van der Waals surface area contributed by atoms with Crippen molar-refractivity contribution in [3.05, 3.63) is 63.5 Å². The Kier molecular flexibility index (Phi) is 7.73. The summed E-state index contributed by atoms with van der Waals surface area (Å²) in [5.41, 5.74) is -0.106. The molecule has 0 radical (unpaired) electrons. The molecule has 166 valence electrons. The van der Waals surface area contributed by atoms with Crippen LogP contribution in [-0.2, 0) is 4.79 Å². The van der Waals surface area contributed by atoms with Crippen molar-refractivity contribution in [2.75, 3.05) is 5.32 Å². The minimum absolute atomic E-state index is 0.0594. The van der Waals surface area contributed by atoms with Gasteiger partial charge >= 0.3 is 0 Å². The summed E-state index contributed by atoms with van der Waals surface area (Å²) in [6, 6.07) is 4.71. The van der Waals surface area contributed by atoms with Gasteiger partial charge in [0.05, 0.1) is 17.3 Å². The van der Waals surface area contributed by atoms with Crippen LogP contribution in [0.5, 0.6) is 0 Å². The zero-order valence-corrected chi connectivity index (χ0v) is 17.4. The lowest BCUT2D eigenvalue weighted by Gasteiger charge is -2.19. The molecule has 3 rings (SSSR count). The van der Waals surface area contributed by atoms with Crippen molar-refractivity contribution in [1.82, 2.24) is 14.8 Å². The van der Waals surface area contributed by atoms with E-state index < -0.39 is 23.8 Å². The summed E-state index contributed by atoms with van der Waals surface area (Å²) in [7, 11) is 0. The number of pyridine rings is 1. The van der Waals surface area contributed by atoms with Crippen molar-refractivity contribution >= 4 is 23.1 Å². The molecule has 2 heterocycles. The minimum Gasteiger partial charge on any atom is -0.483 e. The Morgan fingerprint density at radius 2 is 1.74 bits per heavy atom. The fourth-order valence-electron chi connectivity index (χ4n) is 3.13. The van der Waals surface area contributed by atoms with Gasteiger partial charge in [-0.05, 0) is 27.7 Å². The van der Waals surface area contributed by atoms with Crippen molar-refractivity contribution in [3.63, 3.8) is 0 Å². The Hall–Kier alpha value is -3.43. The van der Waals surface area contributed by atoms with Crippen LogP contribution in [0, 0.1) is 12.7 Å². The summed E-state index contributed by atoms with van der Waals surface area (Å²) in [6.07, 6.45) is -1.21. The number of benzene rings is 1. The van der Waals surface area contributed by atoms with Crippen LogP contribution in [0.15, 0.2) is 35.3 Å². The van der Waals surface area contributed by atoms with E-state index in [0.29, 0.717) is 22.3 Å². The normalized spacial score (nSPS) is 11.9. The zero-order valence-electron chi connectivity index (χ0n) is 17.4. The first-order valence-corrected chi connectivity index (χ1v) is 9.42. The van der Waals surface area contributed by atoms with Crippen molar-refractivity contribution in [2.45, 2.75) is 46.2 Å². The molecule has 3 aromatic rings. The van der Waals surface area contributed by atoms with E-state index in [4.69, 9.17) is 9.90 Å². The number of fused-ring (bicyclic) bond motifs is 1. The Bertz CT molecular complexity index is 1130. The molecule has 0 fully saturated rings. The number of carbonyl (C=O) groups is 1. The van der Waals surface area contributed by atoms with Crippen LogP contribution < -0.4 is 10.9 Å². The maximum atomic E-state index is 14.5. The predicted molar refractivity (Wildman–Crippen MR) is 111 cm³/mol. The number of anilines is 1. The third-order valence-corrected chi connectivity index (χ3v) is 4.70. The van der Waals surface area contributed by atoms with E-state index in [-0.39, 0.29) is 23.6 Å². The van der Waals surface area contributed by atoms with E-state index in [1.807, 2.05) is 13.8 Å². The molecule has 31 heavy (non-hydrogen) atoms. The number of hydrogen-bond acceptors (Lipinski definition) is 5. The third-order valence-electron chi connectivity index (χ3n) is 4.70. The van der Waals surface area contributed by atoms with Gasteiger partial charge < -0.3 is 15.0 Å². The second-order valence-electron chi connectivity index (χ2n) is 7.10. The van der Waals surface area contributed by atoms with Gasteiger partial charge in [0.2, 0.25) is 0 Å². The summed E-state index contributed by atoms with van der Waals surface area (Å²) in [5, 5.41) is 19.4. The van der Waals surface area contributed by atoms with Crippen molar-refractivity contribution in [1.29, 1.82) is 0 Å². The molecule has 10 heteroatoms. The van der Waals surface area contributed by atoms with Crippen molar-refractivity contribution < 1.29 is 23.1 Å². The van der Waals surface area contributed by atoms with Crippen LogP contribution in [0.25, 0.3) is 10.8 Å². The van der Waals surface area contributed by atoms with Crippen molar-refractivity contribution in [2.24, 2.45) is 0 Å². The second-order valence-corrected chi connectivity index (χ2v) is 7.10. The molecule has 1 aromatic carbocycles. The lowest BCUT2D eigenvalue weighted by molar-refractivity contribution is -0.122. The van der Waals surface area contributed by atoms with E-state index in [1.165, 1.54) is 18.2 Å². The SMILES string of the molecule is Cc1nnc(N[C@H](C)c2cccc(C(F)F)c2F)c2cn(C(C)C)c(=O)cc12.O=CO. The molecule has 0 bridgehead atoms. The molecule has 0 amide bonds. The van der Waals surface area contributed by atoms with Crippen LogP contribution in [0.3, 0.4) is 0 Å². The Morgan fingerprint density at radius 3 is 2.32 bits per heavy atom. The lowest BCUT2D eigenvalue weighted by atomic mass is 10.0. The molecule has 1 atom stereocenters. The quantitative estimate of drug-likeness (QED) is 0.566. The molecule has 0 saturated carbocycles. The summed E-state index contributed by atoms with van der Waals surface area (Å²) in [6.45, 7) is 6.91. The van der Waals surface area contributed by atoms with Gasteiger partial charge in [0.25, 0.3) is 18.5 Å². The van der Waals surface area contributed by atoms with Crippen LogP contribution in [0.2, 0.25) is 0 Å². The molecule has 0 aliphatic heterocycles. The molecule has 2 N–H and O–H groups in total. The van der Waals surface area contributed by atoms with E-state index in [2.05, 4.69) is 15.5 Å². The fraction of sp³-hybridized carbons (Fsp3) is 0.333. The smallest absolute Gasteiger partial charge is 0.290 e. The number of hydrogen-bond donors (Lipinski definition) is 2. The minimum atomic E-state index is -2.90. The number of rotatable bonds is 5. The number of alkyl halides is 2. The van der Waals surface area contributed by atoms with E-state index in [0.717, 1.165) is 6.07 Å². The first kappa shape index (κ1) is 23.8. The topological polar surface area (TPSA) is 97.1 Å². The molecule has 0 aliphatic carbocycles. The molecular weight excluding hydrogens is 413 g/mol. The number of halogens is 3. The Balaban J connectivity index is 0.00000107. The first-order valence-electron chi connectivity index (χ1n) is 9.42. The highest BCUT2D eigenvalue weighted by Crippen LogP contribution is 2.30. The fourth-order valence-corrected chi connectivity index (χ4v) is 3.13. The van der Waals surface area contributed by atoms with Gasteiger partial charge in [0, 0.05) is 34.6 Å². The average Bonchev–Trinajstić information content (AvgIpc) is 2.70. The molecule has 0 spiro atoms. The highest BCUT2D eigenvalue weighted by Gasteiger charge is 2.20. The predicted octanol–water partition coefficient (Wildman–Crippen LogP) is 4.63. The van der Waals surface area contributed by atoms with E-state index in [1.54, 1.807) is 24.6 Å². The summed E-state index contributed by atoms with van der Waals surface area (Å²) in [5.74, 6) is -0.592. The number of nitrogens with one attached hydrogen (secondary N) is 1. The molecule has 0 saturated heterocycles. The van der Waals surface area contributed by atoms with Gasteiger partial charge in [-0.1, -0.05) is 18.2 Å². The standard InChI is InChI=1S/C20H21F3N4O.CH2O2/c1-10(2)27-9-16-15(8-17(27)28)12(4)25-26-20(16)24-11(3)13-6-5-7-14(18(13)21)19(22)23;2-1-3/h5-11,19H,1-4H3,(H,24,26);1H,(H,2,3)/t11-;/m1./s1. The van der Waals surface area contributed by atoms with Gasteiger partial charge in [0.15, 0.2) is 5.82 Å². The van der Waals surface area contributed by atoms with Gasteiger partial charge in [-0.3, -0.25) is 9.59 Å². The van der Waals surface area contributed by atoms with Crippen LogP contribution >= 0.6 is 0 Å². The number of aryl methyl sites for hydroxylation is 1. The zero-order chi connectivity index (χ0) is 23.3. The first-order chi connectivity index (χ1) is 14.6. The van der Waals surface area contributed by atoms with E-state index >= 15 is 0 Å². The van der Waals surface area contributed by atoms with Gasteiger partial charge in [-0.25, -0.2) is 13.2 Å². The summed E-state index contributed by atoms with van der Waals surface area (Å²) >= 11 is 0. The number of aromatic nitrogens is 3. The average molecular weight is 436 g/mol.